The highest BCUT2D eigenvalue weighted by Gasteiger charge is 2.44. The molecule has 0 aromatic rings. The molecule has 6 N–H and O–H groups in total. The van der Waals surface area contributed by atoms with E-state index in [1.165, 1.54) is 295 Å². The Morgan fingerprint density at radius 1 is 0.407 bits per heavy atom. The summed E-state index contributed by atoms with van der Waals surface area (Å²) in [4.78, 5) is 13.1. The van der Waals surface area contributed by atoms with Gasteiger partial charge in [0.15, 0.2) is 6.29 Å². The number of ether oxygens (including phenoxy) is 2. The Morgan fingerprint density at radius 3 is 1.04 bits per heavy atom. The highest BCUT2D eigenvalue weighted by atomic mass is 16.7. The van der Waals surface area contributed by atoms with Gasteiger partial charge in [0.25, 0.3) is 0 Å². The molecule has 1 rings (SSSR count). The summed E-state index contributed by atoms with van der Waals surface area (Å²) in [5.74, 6) is -0.183. The summed E-state index contributed by atoms with van der Waals surface area (Å²) in [5.41, 5.74) is 0. The van der Waals surface area contributed by atoms with E-state index < -0.39 is 49.5 Å². The fourth-order valence-corrected chi connectivity index (χ4v) is 11.6. The summed E-state index contributed by atoms with van der Waals surface area (Å²) in [6.45, 7) is 3.82. The third kappa shape index (κ3) is 50.3. The van der Waals surface area contributed by atoms with Gasteiger partial charge in [-0.15, -0.1) is 0 Å². The molecular formula is C72H137NO8. The van der Waals surface area contributed by atoms with Gasteiger partial charge in [-0.25, -0.2) is 0 Å². The van der Waals surface area contributed by atoms with E-state index in [-0.39, 0.29) is 12.5 Å². The predicted molar refractivity (Wildman–Crippen MR) is 346 cm³/mol. The molecule has 0 aromatic carbocycles. The molecule has 0 bridgehead atoms. The van der Waals surface area contributed by atoms with Crippen molar-refractivity contribution in [1.82, 2.24) is 5.32 Å². The lowest BCUT2D eigenvalue weighted by atomic mass is 9.99. The van der Waals surface area contributed by atoms with Crippen molar-refractivity contribution in [3.63, 3.8) is 0 Å². The van der Waals surface area contributed by atoms with Gasteiger partial charge in [0, 0.05) is 6.42 Å². The van der Waals surface area contributed by atoms with Gasteiger partial charge in [-0.3, -0.25) is 4.79 Å². The maximum Gasteiger partial charge on any atom is 0.220 e. The normalized spacial score (nSPS) is 18.5. The summed E-state index contributed by atoms with van der Waals surface area (Å²) in [6.07, 6.45) is 75.5. The number of aliphatic hydroxyl groups is 5. The van der Waals surface area contributed by atoms with Gasteiger partial charge in [-0.2, -0.15) is 0 Å². The van der Waals surface area contributed by atoms with Gasteiger partial charge in [0.1, 0.15) is 24.4 Å². The Balaban J connectivity index is 2.15. The summed E-state index contributed by atoms with van der Waals surface area (Å²) in [5, 5.41) is 54.7. The number of unbranched alkanes of at least 4 members (excludes halogenated alkanes) is 49. The van der Waals surface area contributed by atoms with Crippen molar-refractivity contribution in [3.05, 3.63) is 36.5 Å². The van der Waals surface area contributed by atoms with Gasteiger partial charge in [0.05, 0.1) is 25.4 Å². The molecule has 1 amide bonds. The second-order valence-corrected chi connectivity index (χ2v) is 25.0. The Bertz CT molecular complexity index is 1370. The van der Waals surface area contributed by atoms with Crippen molar-refractivity contribution in [2.24, 2.45) is 0 Å². The molecule has 1 saturated heterocycles. The van der Waals surface area contributed by atoms with Crippen molar-refractivity contribution in [2.75, 3.05) is 13.2 Å². The van der Waals surface area contributed by atoms with Crippen LogP contribution in [0.1, 0.15) is 361 Å². The summed E-state index contributed by atoms with van der Waals surface area (Å²) in [7, 11) is 0. The third-order valence-corrected chi connectivity index (χ3v) is 17.2. The van der Waals surface area contributed by atoms with E-state index in [4.69, 9.17) is 9.47 Å². The predicted octanol–water partition coefficient (Wildman–Crippen LogP) is 19.4. The first-order valence-corrected chi connectivity index (χ1v) is 35.7. The molecule has 1 aliphatic rings. The fraction of sp³-hybridized carbons (Fsp3) is 0.903. The van der Waals surface area contributed by atoms with Crippen LogP contribution < -0.4 is 5.32 Å². The molecule has 9 heteroatoms. The van der Waals surface area contributed by atoms with Crippen molar-refractivity contribution in [3.8, 4) is 0 Å². The maximum absolute atomic E-state index is 13.1. The minimum absolute atomic E-state index is 0.183. The highest BCUT2D eigenvalue weighted by molar-refractivity contribution is 5.76. The third-order valence-electron chi connectivity index (χ3n) is 17.2. The first-order valence-electron chi connectivity index (χ1n) is 35.7. The second kappa shape index (κ2) is 61.5. The van der Waals surface area contributed by atoms with E-state index in [1.54, 1.807) is 6.08 Å². The van der Waals surface area contributed by atoms with Crippen LogP contribution in [0.3, 0.4) is 0 Å². The Hall–Kier alpha value is -1.59. The highest BCUT2D eigenvalue weighted by Crippen LogP contribution is 2.23. The first-order chi connectivity index (χ1) is 39.8. The molecule has 0 radical (unpaired) electrons. The summed E-state index contributed by atoms with van der Waals surface area (Å²) < 4.78 is 11.3. The quantitative estimate of drug-likeness (QED) is 0.0261. The molecule has 0 saturated carbocycles. The fourth-order valence-electron chi connectivity index (χ4n) is 11.6. The molecule has 7 atom stereocenters. The summed E-state index contributed by atoms with van der Waals surface area (Å²) >= 11 is 0. The molecule has 1 fully saturated rings. The molecule has 1 aliphatic heterocycles. The van der Waals surface area contributed by atoms with Crippen LogP contribution in [0.2, 0.25) is 0 Å². The number of carbonyl (C=O) groups excluding carboxylic acids is 1. The molecule has 9 nitrogen and oxygen atoms in total. The van der Waals surface area contributed by atoms with Crippen LogP contribution >= 0.6 is 0 Å². The van der Waals surface area contributed by atoms with Gasteiger partial charge >= 0.3 is 0 Å². The van der Waals surface area contributed by atoms with Crippen LogP contribution in [0, 0.1) is 0 Å². The standard InChI is InChI=1S/C72H137NO8/c1-3-5-7-9-11-13-15-17-19-21-23-25-27-29-31-32-33-34-35-36-37-39-41-43-45-47-49-51-53-55-57-59-61-66(75)65(64-80-72-71(79)70(78)69(77)67(63-74)81-72)73-68(76)62-60-58-56-54-52-50-48-46-44-42-40-38-30-28-26-24-22-20-18-16-14-12-10-8-6-4-2/h43,45,51,53,59,61,65-67,69-72,74-75,77-79H,3-42,44,46-50,52,54-58,60,62-64H2,1-2H3,(H,73,76)/b45-43+,53-51+,61-59+. The van der Waals surface area contributed by atoms with Crippen LogP contribution in [0.25, 0.3) is 0 Å². The van der Waals surface area contributed by atoms with Gasteiger partial charge in [0.2, 0.25) is 5.91 Å². The maximum atomic E-state index is 13.1. The molecule has 1 heterocycles. The zero-order valence-corrected chi connectivity index (χ0v) is 53.6. The summed E-state index contributed by atoms with van der Waals surface area (Å²) in [6, 6.07) is -0.828. The molecule has 0 aromatic heterocycles. The average molecular weight is 1140 g/mol. The number of hydrogen-bond donors (Lipinski definition) is 6. The van der Waals surface area contributed by atoms with Crippen LogP contribution in [-0.2, 0) is 14.3 Å². The van der Waals surface area contributed by atoms with Crippen LogP contribution in [0.5, 0.6) is 0 Å². The largest absolute Gasteiger partial charge is 0.394 e. The van der Waals surface area contributed by atoms with E-state index in [0.29, 0.717) is 6.42 Å². The number of rotatable bonds is 63. The van der Waals surface area contributed by atoms with E-state index in [1.807, 2.05) is 6.08 Å². The molecule has 478 valence electrons. The van der Waals surface area contributed by atoms with Crippen molar-refractivity contribution < 1.29 is 39.8 Å². The number of allylic oxidation sites excluding steroid dienone is 5. The first kappa shape index (κ1) is 77.4. The molecule has 0 spiro atoms. The van der Waals surface area contributed by atoms with Crippen LogP contribution in [-0.4, -0.2) is 87.5 Å². The molecule has 81 heavy (non-hydrogen) atoms. The Morgan fingerprint density at radius 2 is 0.704 bits per heavy atom. The minimum Gasteiger partial charge on any atom is -0.394 e. The monoisotopic (exact) mass is 1140 g/mol. The lowest BCUT2D eigenvalue weighted by Crippen LogP contribution is -2.60. The van der Waals surface area contributed by atoms with Crippen molar-refractivity contribution in [2.45, 2.75) is 403 Å². The minimum atomic E-state index is -1.57. The van der Waals surface area contributed by atoms with Crippen LogP contribution in [0.4, 0.5) is 0 Å². The Labute approximate surface area is 501 Å². The molecule has 0 aliphatic carbocycles. The number of carbonyl (C=O) groups is 1. The zero-order chi connectivity index (χ0) is 58.6. The van der Waals surface area contributed by atoms with Gasteiger partial charge < -0.3 is 40.3 Å². The number of nitrogens with one attached hydrogen (secondary N) is 1. The van der Waals surface area contributed by atoms with Crippen molar-refractivity contribution >= 4 is 5.91 Å². The lowest BCUT2D eigenvalue weighted by molar-refractivity contribution is -0.302. The Kier molecular flexibility index (Phi) is 58.8. The smallest absolute Gasteiger partial charge is 0.220 e. The van der Waals surface area contributed by atoms with Crippen LogP contribution in [0.15, 0.2) is 36.5 Å². The van der Waals surface area contributed by atoms with E-state index in [9.17, 15) is 30.3 Å². The van der Waals surface area contributed by atoms with E-state index >= 15 is 0 Å². The SMILES string of the molecule is CCCCCCCCCCCCCCCCCCCCCCCC/C=C/CC/C=C/CC/C=C/C(O)C(COC1OC(CO)C(O)C(O)C1O)NC(=O)CCCCCCCCCCCCCCCCCCCCCCCCCCCC. The molecular weight excluding hydrogens is 1010 g/mol. The second-order valence-electron chi connectivity index (χ2n) is 25.0. The number of hydrogen-bond acceptors (Lipinski definition) is 8. The van der Waals surface area contributed by atoms with Gasteiger partial charge in [-0.1, -0.05) is 346 Å². The number of amides is 1. The topological polar surface area (TPSA) is 149 Å². The van der Waals surface area contributed by atoms with Gasteiger partial charge in [-0.05, 0) is 44.9 Å². The zero-order valence-electron chi connectivity index (χ0n) is 53.6. The average Bonchev–Trinajstić information content (AvgIpc) is 3.51. The molecule has 7 unspecified atom stereocenters. The van der Waals surface area contributed by atoms with E-state index in [2.05, 4.69) is 43.5 Å². The number of aliphatic hydroxyl groups excluding tert-OH is 5. The van der Waals surface area contributed by atoms with Crippen molar-refractivity contribution in [1.29, 1.82) is 0 Å². The lowest BCUT2D eigenvalue weighted by Gasteiger charge is -2.40. The van der Waals surface area contributed by atoms with E-state index in [0.717, 1.165) is 44.9 Å².